The summed E-state index contributed by atoms with van der Waals surface area (Å²) in [6.07, 6.45) is -0.505. The van der Waals surface area contributed by atoms with E-state index >= 15 is 0 Å². The van der Waals surface area contributed by atoms with Gasteiger partial charge < -0.3 is 10.2 Å². The maximum atomic E-state index is 13.7. The Morgan fingerprint density at radius 2 is 2.00 bits per heavy atom. The average Bonchev–Trinajstić information content (AvgIpc) is 3.49. The fourth-order valence-corrected chi connectivity index (χ4v) is 5.54. The van der Waals surface area contributed by atoms with Crippen molar-refractivity contribution in [2.75, 3.05) is 11.9 Å². The summed E-state index contributed by atoms with van der Waals surface area (Å²) in [5.74, 6) is 0.551. The van der Waals surface area contributed by atoms with Crippen molar-refractivity contribution >= 4 is 23.1 Å². The van der Waals surface area contributed by atoms with Crippen molar-refractivity contribution in [3.8, 4) is 10.4 Å². The van der Waals surface area contributed by atoms with Crippen LogP contribution in [-0.2, 0) is 6.18 Å². The quantitative estimate of drug-likeness (QED) is 0.522. The summed E-state index contributed by atoms with van der Waals surface area (Å²) in [6.45, 7) is 2.23. The summed E-state index contributed by atoms with van der Waals surface area (Å²) >= 11 is 1.50. The van der Waals surface area contributed by atoms with Crippen LogP contribution in [0.2, 0.25) is 0 Å². The number of nitrogens with one attached hydrogen (secondary N) is 1. The number of fused-ring (bicyclic) bond motifs is 1. The topological polar surface area (TPSA) is 58.1 Å². The van der Waals surface area contributed by atoms with E-state index in [1.165, 1.54) is 11.3 Å². The number of halogens is 3. The van der Waals surface area contributed by atoms with Crippen molar-refractivity contribution in [1.29, 1.82) is 0 Å². The number of aromatic nitrogens is 2. The van der Waals surface area contributed by atoms with E-state index in [2.05, 4.69) is 15.3 Å². The van der Waals surface area contributed by atoms with Crippen molar-refractivity contribution in [2.45, 2.75) is 44.4 Å². The summed E-state index contributed by atoms with van der Waals surface area (Å²) in [7, 11) is 0. The summed E-state index contributed by atoms with van der Waals surface area (Å²) in [5, 5.41) is 3.85. The highest BCUT2D eigenvalue weighted by Crippen LogP contribution is 2.46. The van der Waals surface area contributed by atoms with Gasteiger partial charge in [-0.25, -0.2) is 9.97 Å². The van der Waals surface area contributed by atoms with Gasteiger partial charge in [-0.2, -0.15) is 13.2 Å². The van der Waals surface area contributed by atoms with Gasteiger partial charge >= 0.3 is 6.18 Å². The van der Waals surface area contributed by atoms with Crippen molar-refractivity contribution < 1.29 is 18.0 Å². The summed E-state index contributed by atoms with van der Waals surface area (Å²) in [6, 6.07) is 11.7. The molecule has 0 bridgehead atoms. The van der Waals surface area contributed by atoms with E-state index in [0.29, 0.717) is 18.2 Å². The molecule has 2 aliphatic rings. The number of piperidine rings is 1. The number of rotatable bonds is 5. The molecule has 2 fully saturated rings. The van der Waals surface area contributed by atoms with E-state index in [1.807, 2.05) is 42.2 Å². The van der Waals surface area contributed by atoms with Gasteiger partial charge in [0, 0.05) is 24.8 Å². The van der Waals surface area contributed by atoms with Crippen molar-refractivity contribution in [2.24, 2.45) is 5.92 Å². The van der Waals surface area contributed by atoms with Crippen LogP contribution in [0.25, 0.3) is 10.4 Å². The number of hydrogen-bond acceptors (Lipinski definition) is 5. The molecule has 3 atom stereocenters. The summed E-state index contributed by atoms with van der Waals surface area (Å²) in [4.78, 5) is 25.1. The van der Waals surface area contributed by atoms with E-state index in [4.69, 9.17) is 0 Å². The Hall–Kier alpha value is -2.94. The molecule has 0 unspecified atom stereocenters. The SMILES string of the molecule is Cc1nc(C(=O)N2[C@H](CNc3cc(C(F)(F)F)ccn3)CC[C@@H]3C[C@@H]32)c(-c2ccccc2)s1. The van der Waals surface area contributed by atoms with Gasteiger partial charge in [0.15, 0.2) is 0 Å². The Morgan fingerprint density at radius 3 is 2.76 bits per heavy atom. The molecule has 1 saturated heterocycles. The fraction of sp³-hybridized carbons (Fsp3) is 0.375. The van der Waals surface area contributed by atoms with Crippen LogP contribution >= 0.6 is 11.3 Å². The zero-order chi connectivity index (χ0) is 23.2. The normalized spacial score (nSPS) is 22.1. The Bertz CT molecular complexity index is 1160. The molecule has 3 heterocycles. The zero-order valence-corrected chi connectivity index (χ0v) is 18.8. The first-order chi connectivity index (χ1) is 15.8. The number of carbonyl (C=O) groups is 1. The number of aryl methyl sites for hydroxylation is 1. The molecule has 1 saturated carbocycles. The van der Waals surface area contributed by atoms with Crippen molar-refractivity contribution in [3.05, 3.63) is 64.9 Å². The van der Waals surface area contributed by atoms with Crippen LogP contribution in [0.1, 0.15) is 40.3 Å². The number of pyridine rings is 1. The lowest BCUT2D eigenvalue weighted by atomic mass is 10.0. The molecule has 0 spiro atoms. The van der Waals surface area contributed by atoms with Crippen LogP contribution in [0, 0.1) is 12.8 Å². The molecule has 5 rings (SSSR count). The van der Waals surface area contributed by atoms with Gasteiger partial charge in [0.2, 0.25) is 0 Å². The monoisotopic (exact) mass is 472 g/mol. The first-order valence-electron chi connectivity index (χ1n) is 10.9. The Kier molecular flexibility index (Phi) is 5.60. The third kappa shape index (κ3) is 4.46. The van der Waals surface area contributed by atoms with Crippen LogP contribution < -0.4 is 5.32 Å². The molecule has 1 aromatic carbocycles. The highest BCUT2D eigenvalue weighted by Gasteiger charge is 2.50. The number of benzene rings is 1. The maximum Gasteiger partial charge on any atom is 0.416 e. The van der Waals surface area contributed by atoms with Gasteiger partial charge in [-0.15, -0.1) is 11.3 Å². The molecule has 1 aliphatic carbocycles. The minimum absolute atomic E-state index is 0.103. The Labute approximate surface area is 193 Å². The van der Waals surface area contributed by atoms with Crippen LogP contribution in [0.3, 0.4) is 0 Å². The number of carbonyl (C=O) groups excluding carboxylic acids is 1. The van der Waals surface area contributed by atoms with E-state index < -0.39 is 11.7 Å². The molecule has 33 heavy (non-hydrogen) atoms. The number of amides is 1. The summed E-state index contributed by atoms with van der Waals surface area (Å²) in [5.41, 5.74) is 0.668. The Balaban J connectivity index is 1.38. The van der Waals surface area contributed by atoms with Crippen molar-refractivity contribution in [3.63, 3.8) is 0 Å². The number of nitrogens with zero attached hydrogens (tertiary/aromatic N) is 3. The second kappa shape index (κ2) is 8.44. The standard InChI is InChI=1S/C24H23F3N4OS/c1-14-30-21(22(33-14)15-5-3-2-4-6-15)23(32)31-18(8-7-16-11-19(16)31)13-29-20-12-17(9-10-28-20)24(25,26)27/h2-6,9-10,12,16,18-19H,7-8,11,13H2,1H3,(H,28,29)/t16-,18+,19+/m1/s1. The fourth-order valence-electron chi connectivity index (χ4n) is 4.62. The molecule has 1 N–H and O–H groups in total. The highest BCUT2D eigenvalue weighted by molar-refractivity contribution is 7.15. The van der Waals surface area contributed by atoms with Gasteiger partial charge in [0.1, 0.15) is 11.5 Å². The van der Waals surface area contributed by atoms with Crippen LogP contribution in [0.5, 0.6) is 0 Å². The molecule has 1 amide bonds. The third-order valence-electron chi connectivity index (χ3n) is 6.32. The van der Waals surface area contributed by atoms with E-state index in [9.17, 15) is 18.0 Å². The van der Waals surface area contributed by atoms with E-state index in [1.54, 1.807) is 0 Å². The van der Waals surface area contributed by atoms with Crippen LogP contribution in [0.15, 0.2) is 48.7 Å². The molecule has 3 aromatic rings. The van der Waals surface area contributed by atoms with Crippen LogP contribution in [0.4, 0.5) is 19.0 Å². The number of alkyl halides is 3. The van der Waals surface area contributed by atoms with Gasteiger partial charge in [-0.05, 0) is 49.8 Å². The predicted octanol–water partition coefficient (Wildman–Crippen LogP) is 5.64. The Morgan fingerprint density at radius 1 is 1.21 bits per heavy atom. The minimum Gasteiger partial charge on any atom is -0.368 e. The van der Waals surface area contributed by atoms with E-state index in [0.717, 1.165) is 53.0 Å². The lowest BCUT2D eigenvalue weighted by molar-refractivity contribution is -0.137. The van der Waals surface area contributed by atoms with Gasteiger partial charge in [-0.3, -0.25) is 4.79 Å². The lowest BCUT2D eigenvalue weighted by Crippen LogP contribution is -2.48. The highest BCUT2D eigenvalue weighted by atomic mass is 32.1. The van der Waals surface area contributed by atoms with E-state index in [-0.39, 0.29) is 23.8 Å². The van der Waals surface area contributed by atoms with Gasteiger partial charge in [-0.1, -0.05) is 30.3 Å². The largest absolute Gasteiger partial charge is 0.416 e. The smallest absolute Gasteiger partial charge is 0.368 e. The van der Waals surface area contributed by atoms with Gasteiger partial charge in [0.25, 0.3) is 5.91 Å². The van der Waals surface area contributed by atoms with Gasteiger partial charge in [0.05, 0.1) is 15.4 Å². The lowest BCUT2D eigenvalue weighted by Gasteiger charge is -2.36. The number of hydrogen-bond donors (Lipinski definition) is 1. The summed E-state index contributed by atoms with van der Waals surface area (Å²) < 4.78 is 39.1. The average molecular weight is 473 g/mol. The molecule has 5 nitrogen and oxygen atoms in total. The molecular weight excluding hydrogens is 449 g/mol. The first-order valence-corrected chi connectivity index (χ1v) is 11.8. The van der Waals surface area contributed by atoms with Crippen molar-refractivity contribution in [1.82, 2.24) is 14.9 Å². The first kappa shape index (κ1) is 21.9. The van der Waals surface area contributed by atoms with Crippen LogP contribution in [-0.4, -0.2) is 39.4 Å². The zero-order valence-electron chi connectivity index (χ0n) is 18.0. The molecule has 2 aromatic heterocycles. The predicted molar refractivity (Wildman–Crippen MR) is 121 cm³/mol. The molecule has 172 valence electrons. The molecular formula is C24H23F3N4OS. The number of anilines is 1. The second-order valence-corrected chi connectivity index (χ2v) is 9.79. The molecule has 9 heteroatoms. The molecule has 0 radical (unpaired) electrons. The maximum absolute atomic E-state index is 13.7. The number of likely N-dealkylation sites (tertiary alicyclic amines) is 1. The minimum atomic E-state index is -4.43. The second-order valence-electron chi connectivity index (χ2n) is 8.59. The molecule has 1 aliphatic heterocycles. The number of thiazole rings is 1. The third-order valence-corrected chi connectivity index (χ3v) is 7.34.